The van der Waals surface area contributed by atoms with E-state index in [1.54, 1.807) is 6.92 Å². The van der Waals surface area contributed by atoms with Crippen molar-refractivity contribution in [3.8, 4) is 6.07 Å². The Balaban J connectivity index is 1.97. The zero-order valence-electron chi connectivity index (χ0n) is 13.7. The molecule has 0 radical (unpaired) electrons. The van der Waals surface area contributed by atoms with E-state index in [9.17, 15) is 10.1 Å². The number of carbonyl (C=O) groups is 1. The van der Waals surface area contributed by atoms with Gasteiger partial charge in [-0.1, -0.05) is 44.2 Å². The summed E-state index contributed by atoms with van der Waals surface area (Å²) in [4.78, 5) is 14.6. The topological polar surface area (TPSA) is 56.1 Å². The summed E-state index contributed by atoms with van der Waals surface area (Å²) in [5, 5.41) is 12.2. The first kappa shape index (κ1) is 16.5. The molecule has 1 aliphatic carbocycles. The van der Waals surface area contributed by atoms with E-state index >= 15 is 0 Å². The van der Waals surface area contributed by atoms with Crippen molar-refractivity contribution < 1.29 is 4.79 Å². The van der Waals surface area contributed by atoms with Crippen LogP contribution >= 0.6 is 0 Å². The van der Waals surface area contributed by atoms with Crippen molar-refractivity contribution in [2.45, 2.75) is 51.7 Å². The van der Waals surface area contributed by atoms with Gasteiger partial charge in [-0.2, -0.15) is 5.26 Å². The summed E-state index contributed by atoms with van der Waals surface area (Å²) in [5.41, 5.74) is 0.410. The summed E-state index contributed by atoms with van der Waals surface area (Å²) in [6.07, 6.45) is 2.31. The second-order valence-corrected chi connectivity index (χ2v) is 6.64. The van der Waals surface area contributed by atoms with Crippen LogP contribution in [0.4, 0.5) is 0 Å². The standard InChI is InChI=1S/C18H25N3O/c1-14(2)18(3,13-19)20-17(22)12-21(16-9-10-16)11-15-7-5-4-6-8-15/h4-8,14,16H,9-12H2,1-3H3,(H,20,22). The maximum atomic E-state index is 12.4. The molecule has 2 rings (SSSR count). The maximum Gasteiger partial charge on any atom is 0.235 e. The normalized spacial score (nSPS) is 17.1. The van der Waals surface area contributed by atoms with Gasteiger partial charge in [0.25, 0.3) is 0 Å². The Kier molecular flexibility index (Phi) is 5.20. The van der Waals surface area contributed by atoms with Gasteiger partial charge in [0, 0.05) is 12.6 Å². The fourth-order valence-corrected chi connectivity index (χ4v) is 2.39. The van der Waals surface area contributed by atoms with Crippen molar-refractivity contribution in [1.82, 2.24) is 10.2 Å². The minimum absolute atomic E-state index is 0.0689. The highest BCUT2D eigenvalue weighted by Crippen LogP contribution is 2.28. The third-order valence-corrected chi connectivity index (χ3v) is 4.42. The maximum absolute atomic E-state index is 12.4. The van der Waals surface area contributed by atoms with E-state index in [2.05, 4.69) is 28.4 Å². The van der Waals surface area contributed by atoms with Crippen LogP contribution in [-0.2, 0) is 11.3 Å². The largest absolute Gasteiger partial charge is 0.337 e. The molecule has 1 fully saturated rings. The third-order valence-electron chi connectivity index (χ3n) is 4.42. The lowest BCUT2D eigenvalue weighted by Crippen LogP contribution is -2.52. The monoisotopic (exact) mass is 299 g/mol. The third kappa shape index (κ3) is 4.32. The van der Waals surface area contributed by atoms with Crippen LogP contribution in [0.25, 0.3) is 0 Å². The fourth-order valence-electron chi connectivity index (χ4n) is 2.39. The molecule has 1 unspecified atom stereocenters. The summed E-state index contributed by atoms with van der Waals surface area (Å²) in [6.45, 7) is 6.82. The number of benzene rings is 1. The first-order valence-electron chi connectivity index (χ1n) is 7.95. The van der Waals surface area contributed by atoms with Gasteiger partial charge < -0.3 is 5.32 Å². The highest BCUT2D eigenvalue weighted by atomic mass is 16.2. The van der Waals surface area contributed by atoms with Crippen LogP contribution in [0.1, 0.15) is 39.2 Å². The first-order chi connectivity index (χ1) is 10.4. The smallest absolute Gasteiger partial charge is 0.235 e. The highest BCUT2D eigenvalue weighted by Gasteiger charge is 2.33. The molecule has 0 saturated heterocycles. The Labute approximate surface area is 133 Å². The SMILES string of the molecule is CC(C)C(C)(C#N)NC(=O)CN(Cc1ccccc1)C1CC1. The zero-order valence-corrected chi connectivity index (χ0v) is 13.7. The summed E-state index contributed by atoms with van der Waals surface area (Å²) in [7, 11) is 0. The number of hydrogen-bond donors (Lipinski definition) is 1. The number of nitrogens with one attached hydrogen (secondary N) is 1. The van der Waals surface area contributed by atoms with E-state index in [0.29, 0.717) is 12.6 Å². The molecule has 1 aromatic rings. The van der Waals surface area contributed by atoms with Crippen LogP contribution in [0, 0.1) is 17.2 Å². The number of nitrogens with zero attached hydrogens (tertiary/aromatic N) is 2. The summed E-state index contributed by atoms with van der Waals surface area (Å²) in [5.74, 6) is 0.00512. The van der Waals surface area contributed by atoms with Gasteiger partial charge in [-0.05, 0) is 31.2 Å². The second-order valence-electron chi connectivity index (χ2n) is 6.64. The molecule has 1 amide bonds. The van der Waals surface area contributed by atoms with Gasteiger partial charge in [-0.15, -0.1) is 0 Å². The highest BCUT2D eigenvalue weighted by molar-refractivity contribution is 5.79. The molecule has 22 heavy (non-hydrogen) atoms. The molecule has 118 valence electrons. The fraction of sp³-hybridized carbons (Fsp3) is 0.556. The Morgan fingerprint density at radius 1 is 1.41 bits per heavy atom. The molecule has 1 saturated carbocycles. The van der Waals surface area contributed by atoms with Gasteiger partial charge in [-0.25, -0.2) is 0 Å². The van der Waals surface area contributed by atoms with Crippen molar-refractivity contribution in [3.63, 3.8) is 0 Å². The van der Waals surface area contributed by atoms with Crippen molar-refractivity contribution >= 4 is 5.91 Å². The average Bonchev–Trinajstić information content (AvgIpc) is 3.32. The summed E-state index contributed by atoms with van der Waals surface area (Å²) < 4.78 is 0. The lowest BCUT2D eigenvalue weighted by atomic mass is 9.90. The average molecular weight is 299 g/mol. The van der Waals surface area contributed by atoms with Crippen LogP contribution in [0.5, 0.6) is 0 Å². The summed E-state index contributed by atoms with van der Waals surface area (Å²) >= 11 is 0. The predicted molar refractivity (Wildman–Crippen MR) is 86.9 cm³/mol. The molecule has 0 heterocycles. The Morgan fingerprint density at radius 2 is 2.05 bits per heavy atom. The van der Waals surface area contributed by atoms with Crippen molar-refractivity contribution in [1.29, 1.82) is 5.26 Å². The molecule has 1 aromatic carbocycles. The number of amides is 1. The second kappa shape index (κ2) is 6.93. The van der Waals surface area contributed by atoms with E-state index in [0.717, 1.165) is 19.4 Å². The van der Waals surface area contributed by atoms with E-state index in [-0.39, 0.29) is 11.8 Å². The molecule has 0 spiro atoms. The van der Waals surface area contributed by atoms with Crippen molar-refractivity contribution in [3.05, 3.63) is 35.9 Å². The lowest BCUT2D eigenvalue weighted by Gasteiger charge is -2.29. The molecular formula is C18H25N3O. The molecule has 4 nitrogen and oxygen atoms in total. The van der Waals surface area contributed by atoms with Gasteiger partial charge in [-0.3, -0.25) is 9.69 Å². The summed E-state index contributed by atoms with van der Waals surface area (Å²) in [6, 6.07) is 12.9. The van der Waals surface area contributed by atoms with Crippen LogP contribution in [0.15, 0.2) is 30.3 Å². The molecule has 1 atom stereocenters. The van der Waals surface area contributed by atoms with E-state index in [4.69, 9.17) is 0 Å². The molecule has 1 N–H and O–H groups in total. The molecule has 4 heteroatoms. The van der Waals surface area contributed by atoms with Crippen LogP contribution in [0.2, 0.25) is 0 Å². The quantitative estimate of drug-likeness (QED) is 0.842. The van der Waals surface area contributed by atoms with Gasteiger partial charge in [0.1, 0.15) is 5.54 Å². The Bertz CT molecular complexity index is 545. The predicted octanol–water partition coefficient (Wildman–Crippen LogP) is 2.71. The van der Waals surface area contributed by atoms with Crippen LogP contribution in [0.3, 0.4) is 0 Å². The molecule has 0 bridgehead atoms. The van der Waals surface area contributed by atoms with Gasteiger partial charge >= 0.3 is 0 Å². The Morgan fingerprint density at radius 3 is 2.55 bits per heavy atom. The van der Waals surface area contributed by atoms with E-state index in [1.165, 1.54) is 5.56 Å². The van der Waals surface area contributed by atoms with Gasteiger partial charge in [0.05, 0.1) is 12.6 Å². The number of hydrogen-bond acceptors (Lipinski definition) is 3. The van der Waals surface area contributed by atoms with E-state index in [1.807, 2.05) is 32.0 Å². The van der Waals surface area contributed by atoms with Crippen LogP contribution < -0.4 is 5.32 Å². The van der Waals surface area contributed by atoms with Crippen molar-refractivity contribution in [2.75, 3.05) is 6.54 Å². The minimum Gasteiger partial charge on any atom is -0.337 e. The number of rotatable bonds is 7. The number of nitriles is 1. The number of carbonyl (C=O) groups excluding carboxylic acids is 1. The molecular weight excluding hydrogens is 274 g/mol. The van der Waals surface area contributed by atoms with Crippen LogP contribution in [-0.4, -0.2) is 28.9 Å². The molecule has 0 aromatic heterocycles. The minimum atomic E-state index is -0.806. The molecule has 1 aliphatic rings. The van der Waals surface area contributed by atoms with Gasteiger partial charge in [0.2, 0.25) is 5.91 Å². The molecule has 0 aliphatic heterocycles. The van der Waals surface area contributed by atoms with Crippen molar-refractivity contribution in [2.24, 2.45) is 5.92 Å². The Hall–Kier alpha value is -1.86. The van der Waals surface area contributed by atoms with Gasteiger partial charge in [0.15, 0.2) is 0 Å². The lowest BCUT2D eigenvalue weighted by molar-refractivity contribution is -0.124. The zero-order chi connectivity index (χ0) is 16.2. The van der Waals surface area contributed by atoms with E-state index < -0.39 is 5.54 Å². The first-order valence-corrected chi connectivity index (χ1v) is 7.95.